The van der Waals surface area contributed by atoms with E-state index in [9.17, 15) is 0 Å². The fourth-order valence-electron chi connectivity index (χ4n) is 3.37. The van der Waals surface area contributed by atoms with Crippen LogP contribution in [-0.4, -0.2) is 44.4 Å². The van der Waals surface area contributed by atoms with Gasteiger partial charge in [-0.05, 0) is 45.1 Å². The Labute approximate surface area is 118 Å². The van der Waals surface area contributed by atoms with Crippen molar-refractivity contribution in [3.8, 4) is 0 Å². The summed E-state index contributed by atoms with van der Waals surface area (Å²) < 4.78 is 5.05. The van der Waals surface area contributed by atoms with Gasteiger partial charge in [0.2, 0.25) is 0 Å². The van der Waals surface area contributed by atoms with Gasteiger partial charge in [-0.15, -0.1) is 0 Å². The lowest BCUT2D eigenvalue weighted by Crippen LogP contribution is -2.38. The van der Waals surface area contributed by atoms with Crippen LogP contribution in [0.15, 0.2) is 0 Å². The van der Waals surface area contributed by atoms with Gasteiger partial charge >= 0.3 is 0 Å². The summed E-state index contributed by atoms with van der Waals surface area (Å²) in [5, 5.41) is 4.49. The number of fused-ring (bicyclic) bond motifs is 1. The fourth-order valence-corrected chi connectivity index (χ4v) is 3.69. The topological polar surface area (TPSA) is 41.8 Å². The molecule has 2 aromatic rings. The summed E-state index contributed by atoms with van der Waals surface area (Å²) in [6.07, 6.45) is 1.14. The monoisotopic (exact) mass is 279 g/mol. The molecule has 1 fully saturated rings. The first-order chi connectivity index (χ1) is 8.99. The van der Waals surface area contributed by atoms with Gasteiger partial charge < -0.3 is 9.88 Å². The Morgan fingerprint density at radius 2 is 2.11 bits per heavy atom. The lowest BCUT2D eigenvalue weighted by atomic mass is 9.94. The zero-order valence-electron chi connectivity index (χ0n) is 12.0. The fraction of sp³-hybridized carbons (Fsp3) is 0.692. The zero-order valence-corrected chi connectivity index (χ0v) is 12.8. The van der Waals surface area contributed by atoms with Crippen LogP contribution in [0.4, 0.5) is 0 Å². The van der Waals surface area contributed by atoms with Crippen molar-refractivity contribution < 1.29 is 0 Å². The van der Waals surface area contributed by atoms with Crippen molar-refractivity contribution in [3.05, 3.63) is 10.5 Å². The van der Waals surface area contributed by atoms with E-state index in [0.717, 1.165) is 41.1 Å². The number of H-pyrrole nitrogens is 1. The highest BCUT2D eigenvalue weighted by atomic mass is 32.1. The van der Waals surface area contributed by atoms with E-state index in [1.165, 1.54) is 0 Å². The first-order valence-corrected chi connectivity index (χ1v) is 7.22. The molecule has 2 atom stereocenters. The van der Waals surface area contributed by atoms with E-state index in [-0.39, 0.29) is 0 Å². The second-order valence-corrected chi connectivity index (χ2v) is 6.19. The van der Waals surface area contributed by atoms with Gasteiger partial charge in [0, 0.05) is 19.6 Å². The third kappa shape index (κ3) is 1.94. The number of nitrogens with zero attached hydrogens (tertiary/aromatic N) is 4. The molecule has 104 valence electrons. The standard InChI is InChI=1S/C13H21N5S/c1-8-7-16(3)6-5-10(8)18-12-11(14-13(18)19)9(2)15-17(12)4/h8,10H,5-7H2,1-4H3,(H,14,19). The molecule has 0 spiro atoms. The molecular weight excluding hydrogens is 258 g/mol. The van der Waals surface area contributed by atoms with Crippen LogP contribution in [0.2, 0.25) is 0 Å². The normalized spacial score (nSPS) is 25.3. The Balaban J connectivity index is 2.14. The second kappa shape index (κ2) is 4.45. The summed E-state index contributed by atoms with van der Waals surface area (Å²) in [6.45, 7) is 6.58. The Morgan fingerprint density at radius 1 is 1.37 bits per heavy atom. The maximum Gasteiger partial charge on any atom is 0.179 e. The van der Waals surface area contributed by atoms with Gasteiger partial charge in [-0.25, -0.2) is 0 Å². The maximum atomic E-state index is 5.54. The van der Waals surface area contributed by atoms with Gasteiger partial charge in [0.25, 0.3) is 0 Å². The van der Waals surface area contributed by atoms with Crippen LogP contribution < -0.4 is 0 Å². The predicted octanol–water partition coefficient (Wildman–Crippen LogP) is 2.25. The van der Waals surface area contributed by atoms with E-state index in [2.05, 4.69) is 33.5 Å². The minimum absolute atomic E-state index is 0.465. The Hall–Kier alpha value is -1.14. The summed E-state index contributed by atoms with van der Waals surface area (Å²) >= 11 is 5.54. The summed E-state index contributed by atoms with van der Waals surface area (Å²) in [7, 11) is 4.18. The molecule has 0 amide bonds. The SMILES string of the molecule is Cc1nn(C)c2c1[nH]c(=S)n2C1CCN(C)CC1C. The number of nitrogens with one attached hydrogen (secondary N) is 1. The van der Waals surface area contributed by atoms with Crippen molar-refractivity contribution in [2.24, 2.45) is 13.0 Å². The van der Waals surface area contributed by atoms with Crippen molar-refractivity contribution >= 4 is 23.4 Å². The van der Waals surface area contributed by atoms with Crippen LogP contribution in [0.5, 0.6) is 0 Å². The second-order valence-electron chi connectivity index (χ2n) is 5.80. The lowest BCUT2D eigenvalue weighted by molar-refractivity contribution is 0.159. The molecule has 3 heterocycles. The van der Waals surface area contributed by atoms with Gasteiger partial charge in [-0.2, -0.15) is 5.10 Å². The lowest BCUT2D eigenvalue weighted by Gasteiger charge is -2.35. The highest BCUT2D eigenvalue weighted by molar-refractivity contribution is 7.71. The van der Waals surface area contributed by atoms with Gasteiger partial charge in [0.15, 0.2) is 10.4 Å². The molecule has 1 aliphatic rings. The van der Waals surface area contributed by atoms with Crippen LogP contribution in [0.1, 0.15) is 25.1 Å². The Kier molecular flexibility index (Phi) is 3.02. The number of aromatic amines is 1. The molecule has 2 unspecified atom stereocenters. The highest BCUT2D eigenvalue weighted by Gasteiger charge is 2.28. The van der Waals surface area contributed by atoms with Crippen LogP contribution in [0.25, 0.3) is 11.2 Å². The number of aryl methyl sites for hydroxylation is 2. The van der Waals surface area contributed by atoms with Crippen LogP contribution >= 0.6 is 12.2 Å². The molecule has 1 saturated heterocycles. The molecule has 0 aromatic carbocycles. The molecule has 2 aromatic heterocycles. The van der Waals surface area contributed by atoms with E-state index >= 15 is 0 Å². The van der Waals surface area contributed by atoms with Crippen LogP contribution in [0, 0.1) is 17.6 Å². The number of rotatable bonds is 1. The molecule has 1 N–H and O–H groups in total. The minimum atomic E-state index is 0.465. The number of aromatic nitrogens is 4. The molecule has 0 bridgehead atoms. The Morgan fingerprint density at radius 3 is 2.79 bits per heavy atom. The number of imidazole rings is 1. The summed E-state index contributed by atoms with van der Waals surface area (Å²) in [5.41, 5.74) is 3.23. The first kappa shape index (κ1) is 12.9. The van der Waals surface area contributed by atoms with E-state index in [1.807, 2.05) is 18.7 Å². The average Bonchev–Trinajstić information content (AvgIpc) is 2.79. The van der Waals surface area contributed by atoms with Gasteiger partial charge in [0.1, 0.15) is 5.52 Å². The van der Waals surface area contributed by atoms with E-state index in [1.54, 1.807) is 0 Å². The third-order valence-electron chi connectivity index (χ3n) is 4.27. The molecule has 6 heteroatoms. The Bertz CT molecular complexity index is 664. The first-order valence-electron chi connectivity index (χ1n) is 6.81. The van der Waals surface area contributed by atoms with Crippen molar-refractivity contribution in [3.63, 3.8) is 0 Å². The summed E-state index contributed by atoms with van der Waals surface area (Å²) in [4.78, 5) is 5.72. The van der Waals surface area contributed by atoms with Crippen LogP contribution in [-0.2, 0) is 7.05 Å². The summed E-state index contributed by atoms with van der Waals surface area (Å²) in [5.74, 6) is 0.597. The van der Waals surface area contributed by atoms with Crippen molar-refractivity contribution in [2.45, 2.75) is 26.3 Å². The predicted molar refractivity (Wildman–Crippen MR) is 78.9 cm³/mol. The minimum Gasteiger partial charge on any atom is -0.328 e. The highest BCUT2D eigenvalue weighted by Crippen LogP contribution is 2.31. The smallest absolute Gasteiger partial charge is 0.179 e. The number of likely N-dealkylation sites (tertiary alicyclic amines) is 1. The molecule has 0 aliphatic carbocycles. The number of piperidine rings is 1. The molecule has 19 heavy (non-hydrogen) atoms. The average molecular weight is 279 g/mol. The number of hydrogen-bond donors (Lipinski definition) is 1. The van der Waals surface area contributed by atoms with E-state index < -0.39 is 0 Å². The van der Waals surface area contributed by atoms with E-state index in [4.69, 9.17) is 12.2 Å². The largest absolute Gasteiger partial charge is 0.328 e. The molecule has 0 radical (unpaired) electrons. The molecule has 3 rings (SSSR count). The summed E-state index contributed by atoms with van der Waals surface area (Å²) in [6, 6.07) is 0.465. The quantitative estimate of drug-likeness (QED) is 0.814. The number of hydrogen-bond acceptors (Lipinski definition) is 3. The zero-order chi connectivity index (χ0) is 13.7. The van der Waals surface area contributed by atoms with Crippen molar-refractivity contribution in [1.29, 1.82) is 0 Å². The van der Waals surface area contributed by atoms with Gasteiger partial charge in [-0.3, -0.25) is 9.25 Å². The van der Waals surface area contributed by atoms with Crippen LogP contribution in [0.3, 0.4) is 0 Å². The van der Waals surface area contributed by atoms with Gasteiger partial charge in [-0.1, -0.05) is 6.92 Å². The van der Waals surface area contributed by atoms with Crippen molar-refractivity contribution in [2.75, 3.05) is 20.1 Å². The van der Waals surface area contributed by atoms with Gasteiger partial charge in [0.05, 0.1) is 5.69 Å². The molecule has 5 nitrogen and oxygen atoms in total. The molecular formula is C13H21N5S. The molecule has 1 aliphatic heterocycles. The maximum absolute atomic E-state index is 5.54. The third-order valence-corrected chi connectivity index (χ3v) is 4.56. The van der Waals surface area contributed by atoms with Crippen molar-refractivity contribution in [1.82, 2.24) is 24.2 Å². The van der Waals surface area contributed by atoms with E-state index in [0.29, 0.717) is 12.0 Å². The molecule has 0 saturated carbocycles.